The van der Waals surface area contributed by atoms with Crippen LogP contribution in [-0.2, 0) is 4.74 Å². The topological polar surface area (TPSA) is 35.9 Å². The van der Waals surface area contributed by atoms with Gasteiger partial charge in [0.2, 0.25) is 0 Å². The van der Waals surface area contributed by atoms with Gasteiger partial charge >= 0.3 is 0 Å². The third kappa shape index (κ3) is 3.20. The largest absolute Gasteiger partial charge is 0.389 e. The minimum absolute atomic E-state index is 0.293. The molecule has 2 aliphatic heterocycles. The maximum Gasteiger partial charge on any atom is 0.123 e. The van der Waals surface area contributed by atoms with E-state index in [4.69, 9.17) is 4.74 Å². The van der Waals surface area contributed by atoms with Gasteiger partial charge in [0.1, 0.15) is 5.82 Å². The van der Waals surface area contributed by atoms with Crippen molar-refractivity contribution in [1.82, 2.24) is 4.90 Å². The summed E-state index contributed by atoms with van der Waals surface area (Å²) in [5.41, 5.74) is 1.64. The van der Waals surface area contributed by atoms with Crippen molar-refractivity contribution in [3.8, 4) is 0 Å². The second kappa shape index (κ2) is 6.30. The monoisotopic (exact) mass is 294 g/mol. The molecule has 2 heterocycles. The van der Waals surface area contributed by atoms with E-state index in [2.05, 4.69) is 9.80 Å². The molecule has 2 aliphatic rings. The maximum atomic E-state index is 13.4. The summed E-state index contributed by atoms with van der Waals surface area (Å²) in [5, 5.41) is 9.88. The average Bonchev–Trinajstić information content (AvgIpc) is 2.97. The standard InChI is InChI=1S/C16H23FN2O2/c1-12(20)15-10-13(17)2-3-16(15)19-5-4-14(11-19)18-6-8-21-9-7-18/h2-3,10,12,14,20H,4-9,11H2,1H3/t12-,14?/m0/s1. The molecule has 4 nitrogen and oxygen atoms in total. The minimum atomic E-state index is -0.655. The van der Waals surface area contributed by atoms with Gasteiger partial charge < -0.3 is 14.7 Å². The molecular formula is C16H23FN2O2. The summed E-state index contributed by atoms with van der Waals surface area (Å²) in [6.45, 7) is 7.18. The van der Waals surface area contributed by atoms with Gasteiger partial charge in [-0.15, -0.1) is 0 Å². The van der Waals surface area contributed by atoms with E-state index in [1.807, 2.05) is 0 Å². The molecule has 2 atom stereocenters. The molecule has 0 radical (unpaired) electrons. The number of morpholine rings is 1. The van der Waals surface area contributed by atoms with Gasteiger partial charge in [-0.3, -0.25) is 4.90 Å². The SMILES string of the molecule is C[C@H](O)c1cc(F)ccc1N1CCC(N2CCOCC2)C1. The first-order valence-electron chi connectivity index (χ1n) is 7.69. The molecule has 1 aromatic carbocycles. The van der Waals surface area contributed by atoms with E-state index >= 15 is 0 Å². The lowest BCUT2D eigenvalue weighted by atomic mass is 10.1. The highest BCUT2D eigenvalue weighted by molar-refractivity contribution is 5.55. The molecule has 1 N–H and O–H groups in total. The van der Waals surface area contributed by atoms with Crippen molar-refractivity contribution in [3.63, 3.8) is 0 Å². The zero-order chi connectivity index (χ0) is 14.8. The molecule has 0 bridgehead atoms. The summed E-state index contributed by atoms with van der Waals surface area (Å²) in [5.74, 6) is -0.293. The van der Waals surface area contributed by atoms with Gasteiger partial charge in [-0.1, -0.05) is 0 Å². The highest BCUT2D eigenvalue weighted by Crippen LogP contribution is 2.31. The van der Waals surface area contributed by atoms with Crippen molar-refractivity contribution in [2.24, 2.45) is 0 Å². The van der Waals surface area contributed by atoms with Crippen LogP contribution in [0.15, 0.2) is 18.2 Å². The Morgan fingerprint density at radius 3 is 2.76 bits per heavy atom. The molecule has 0 spiro atoms. The maximum absolute atomic E-state index is 13.4. The fraction of sp³-hybridized carbons (Fsp3) is 0.625. The summed E-state index contributed by atoms with van der Waals surface area (Å²) in [6.07, 6.45) is 0.453. The van der Waals surface area contributed by atoms with Crippen LogP contribution in [0.1, 0.15) is 25.0 Å². The van der Waals surface area contributed by atoms with Crippen LogP contribution in [0.3, 0.4) is 0 Å². The zero-order valence-corrected chi connectivity index (χ0v) is 12.5. The van der Waals surface area contributed by atoms with Crippen molar-refractivity contribution < 1.29 is 14.2 Å². The van der Waals surface area contributed by atoms with Crippen molar-refractivity contribution in [2.45, 2.75) is 25.5 Å². The number of aliphatic hydroxyl groups excluding tert-OH is 1. The van der Waals surface area contributed by atoms with Crippen molar-refractivity contribution in [3.05, 3.63) is 29.6 Å². The number of ether oxygens (including phenoxy) is 1. The highest BCUT2D eigenvalue weighted by atomic mass is 19.1. The van der Waals surface area contributed by atoms with Crippen LogP contribution in [0.5, 0.6) is 0 Å². The van der Waals surface area contributed by atoms with Crippen LogP contribution in [0, 0.1) is 5.82 Å². The summed E-state index contributed by atoms with van der Waals surface area (Å²) >= 11 is 0. The zero-order valence-electron chi connectivity index (χ0n) is 12.5. The number of benzene rings is 1. The molecule has 2 saturated heterocycles. The molecule has 1 aromatic rings. The van der Waals surface area contributed by atoms with Crippen molar-refractivity contribution in [1.29, 1.82) is 0 Å². The summed E-state index contributed by atoms with van der Waals surface area (Å²) in [4.78, 5) is 4.75. The summed E-state index contributed by atoms with van der Waals surface area (Å²) in [7, 11) is 0. The van der Waals surface area contributed by atoms with E-state index in [-0.39, 0.29) is 5.82 Å². The van der Waals surface area contributed by atoms with Gasteiger partial charge in [0.15, 0.2) is 0 Å². The Morgan fingerprint density at radius 2 is 2.05 bits per heavy atom. The van der Waals surface area contributed by atoms with Crippen LogP contribution >= 0.6 is 0 Å². The molecule has 21 heavy (non-hydrogen) atoms. The van der Waals surface area contributed by atoms with E-state index in [1.165, 1.54) is 12.1 Å². The molecule has 3 rings (SSSR count). The van der Waals surface area contributed by atoms with Crippen LogP contribution in [0.2, 0.25) is 0 Å². The molecule has 0 aliphatic carbocycles. The second-order valence-corrected chi connectivity index (χ2v) is 5.92. The first-order valence-corrected chi connectivity index (χ1v) is 7.69. The molecule has 0 aromatic heterocycles. The Bertz CT molecular complexity index is 489. The van der Waals surface area contributed by atoms with Crippen molar-refractivity contribution in [2.75, 3.05) is 44.3 Å². The lowest BCUT2D eigenvalue weighted by Crippen LogP contribution is -2.44. The Balaban J connectivity index is 1.73. The smallest absolute Gasteiger partial charge is 0.123 e. The number of hydrogen-bond acceptors (Lipinski definition) is 4. The number of aliphatic hydroxyl groups is 1. The first-order chi connectivity index (χ1) is 10.1. The third-order valence-corrected chi connectivity index (χ3v) is 4.51. The number of nitrogens with zero attached hydrogens (tertiary/aromatic N) is 2. The number of halogens is 1. The third-order valence-electron chi connectivity index (χ3n) is 4.51. The van der Waals surface area contributed by atoms with Gasteiger partial charge in [-0.25, -0.2) is 4.39 Å². The van der Waals surface area contributed by atoms with Crippen LogP contribution in [0.4, 0.5) is 10.1 Å². The van der Waals surface area contributed by atoms with E-state index in [0.29, 0.717) is 11.6 Å². The quantitative estimate of drug-likeness (QED) is 0.922. The summed E-state index contributed by atoms with van der Waals surface area (Å²) in [6, 6.07) is 5.24. The molecule has 0 amide bonds. The Morgan fingerprint density at radius 1 is 1.29 bits per heavy atom. The van der Waals surface area contributed by atoms with Gasteiger partial charge in [0.25, 0.3) is 0 Å². The van der Waals surface area contributed by atoms with E-state index in [0.717, 1.165) is 51.5 Å². The predicted octanol–water partition coefficient (Wildman–Crippen LogP) is 1.79. The van der Waals surface area contributed by atoms with Gasteiger partial charge in [0.05, 0.1) is 19.3 Å². The van der Waals surface area contributed by atoms with Crippen LogP contribution < -0.4 is 4.90 Å². The minimum Gasteiger partial charge on any atom is -0.389 e. The van der Waals surface area contributed by atoms with E-state index in [1.54, 1.807) is 13.0 Å². The van der Waals surface area contributed by atoms with E-state index < -0.39 is 6.10 Å². The number of anilines is 1. The van der Waals surface area contributed by atoms with Gasteiger partial charge in [-0.05, 0) is 31.5 Å². The Hall–Kier alpha value is -1.17. The highest BCUT2D eigenvalue weighted by Gasteiger charge is 2.30. The average molecular weight is 294 g/mol. The molecule has 116 valence electrons. The molecule has 5 heteroatoms. The van der Waals surface area contributed by atoms with Crippen LogP contribution in [-0.4, -0.2) is 55.4 Å². The molecule has 2 fully saturated rings. The van der Waals surface area contributed by atoms with Crippen LogP contribution in [0.25, 0.3) is 0 Å². The number of hydrogen-bond donors (Lipinski definition) is 1. The fourth-order valence-electron chi connectivity index (χ4n) is 3.35. The molecule has 0 saturated carbocycles. The Kier molecular flexibility index (Phi) is 4.42. The fourth-order valence-corrected chi connectivity index (χ4v) is 3.35. The lowest BCUT2D eigenvalue weighted by Gasteiger charge is -2.32. The predicted molar refractivity (Wildman–Crippen MR) is 80.0 cm³/mol. The van der Waals surface area contributed by atoms with E-state index in [9.17, 15) is 9.50 Å². The first kappa shape index (κ1) is 14.8. The van der Waals surface area contributed by atoms with Gasteiger partial charge in [-0.2, -0.15) is 0 Å². The second-order valence-electron chi connectivity index (χ2n) is 5.92. The normalized spacial score (nSPS) is 25.3. The summed E-state index contributed by atoms with van der Waals surface area (Å²) < 4.78 is 18.8. The number of rotatable bonds is 3. The Labute approximate surface area is 125 Å². The molecule has 1 unspecified atom stereocenters. The van der Waals surface area contributed by atoms with Gasteiger partial charge in [0, 0.05) is 43.5 Å². The lowest BCUT2D eigenvalue weighted by molar-refractivity contribution is 0.0209. The molecular weight excluding hydrogens is 271 g/mol. The van der Waals surface area contributed by atoms with Crippen molar-refractivity contribution >= 4 is 5.69 Å².